The molecular weight excluding hydrogens is 586 g/mol. The van der Waals surface area contributed by atoms with Crippen molar-refractivity contribution in [3.05, 3.63) is 119 Å². The average Bonchev–Trinajstić information content (AvgIpc) is 3.57. The maximum atomic E-state index is 13.5. The molecule has 4 N–H and O–H groups in total. The molecule has 0 saturated heterocycles. The minimum atomic E-state index is -1.21. The first-order chi connectivity index (χ1) is 22.3. The molecule has 6 bridgehead atoms. The van der Waals surface area contributed by atoms with Crippen LogP contribution < -0.4 is 20.1 Å². The van der Waals surface area contributed by atoms with Crippen LogP contribution in [0.2, 0.25) is 0 Å². The van der Waals surface area contributed by atoms with Crippen molar-refractivity contribution in [1.82, 2.24) is 15.6 Å². The lowest BCUT2D eigenvalue weighted by atomic mass is 10.0. The van der Waals surface area contributed by atoms with Crippen molar-refractivity contribution in [3.8, 4) is 11.5 Å². The summed E-state index contributed by atoms with van der Waals surface area (Å²) < 4.78 is 11.7. The Morgan fingerprint density at radius 1 is 0.783 bits per heavy atom. The van der Waals surface area contributed by atoms with Crippen molar-refractivity contribution in [3.63, 3.8) is 0 Å². The summed E-state index contributed by atoms with van der Waals surface area (Å²) >= 11 is 0. The van der Waals surface area contributed by atoms with E-state index in [0.29, 0.717) is 25.4 Å². The van der Waals surface area contributed by atoms with E-state index in [1.807, 2.05) is 30.3 Å². The van der Waals surface area contributed by atoms with Gasteiger partial charge in [-0.25, -0.2) is 4.79 Å². The van der Waals surface area contributed by atoms with E-state index < -0.39 is 29.9 Å². The first-order valence-corrected chi connectivity index (χ1v) is 15.4. The van der Waals surface area contributed by atoms with Gasteiger partial charge in [-0.3, -0.25) is 14.4 Å². The number of aryl methyl sites for hydroxylation is 1. The molecule has 4 aliphatic rings. The van der Waals surface area contributed by atoms with Crippen molar-refractivity contribution < 1.29 is 33.8 Å². The van der Waals surface area contributed by atoms with Crippen LogP contribution in [-0.4, -0.2) is 59.0 Å². The number of ketones is 1. The standard InChI is InChI=1S/C36H37N3O7/c40-33-19-12-24-8-13-27(14-9-24)45-20-4-5-21-46-28-15-10-26(11-16-28)22-31(38-34(41)30-18-17-29(33)37-30)35(42)39-32(36(43)44)23-25-6-2-1-3-7-25/h1-3,6-11,13-18,31-32,37H,4-5,12,19-23H2,(H,38,41)(H,39,42)(H,43,44)/t31-,32-/m0/s1. The molecule has 0 radical (unpaired) electrons. The van der Waals surface area contributed by atoms with Gasteiger partial charge in [0.1, 0.15) is 29.3 Å². The molecule has 1 aromatic heterocycles. The molecular formula is C36H37N3O7. The third-order valence-corrected chi connectivity index (χ3v) is 7.75. The summed E-state index contributed by atoms with van der Waals surface area (Å²) in [7, 11) is 0. The van der Waals surface area contributed by atoms with Crippen molar-refractivity contribution in [2.45, 2.75) is 50.6 Å². The van der Waals surface area contributed by atoms with Gasteiger partial charge in [-0.2, -0.15) is 0 Å². The largest absolute Gasteiger partial charge is 0.494 e. The quantitative estimate of drug-likeness (QED) is 0.255. The number of H-pyrrole nitrogens is 1. The van der Waals surface area contributed by atoms with Crippen molar-refractivity contribution in [1.29, 1.82) is 0 Å². The molecule has 238 valence electrons. The van der Waals surface area contributed by atoms with Crippen LogP contribution in [-0.2, 0) is 28.9 Å². The SMILES string of the molecule is O=C1CCc2ccc(cc2)OCCCCOc2ccc(cc2)C[C@@H](C(=O)N[C@@H](Cc2ccccc2)C(=O)O)NC(=O)c2ccc1[nH]2. The number of rotatable bonds is 5. The molecule has 3 aromatic carbocycles. The number of benzene rings is 3. The summed E-state index contributed by atoms with van der Waals surface area (Å²) in [6.45, 7) is 1.06. The van der Waals surface area contributed by atoms with E-state index >= 15 is 0 Å². The number of carbonyl (C=O) groups excluding carboxylic acids is 3. The molecule has 0 unspecified atom stereocenters. The zero-order chi connectivity index (χ0) is 32.3. The number of ether oxygens (including phenoxy) is 2. The molecule has 4 aromatic rings. The Balaban J connectivity index is 1.35. The zero-order valence-electron chi connectivity index (χ0n) is 25.4. The van der Waals surface area contributed by atoms with Crippen LogP contribution in [0.1, 0.15) is 56.9 Å². The van der Waals surface area contributed by atoms with Crippen LogP contribution >= 0.6 is 0 Å². The Morgan fingerprint density at radius 3 is 2.02 bits per heavy atom. The molecule has 46 heavy (non-hydrogen) atoms. The van der Waals surface area contributed by atoms with E-state index in [0.717, 1.165) is 35.3 Å². The first kappa shape index (κ1) is 32.0. The van der Waals surface area contributed by atoms with Gasteiger partial charge >= 0.3 is 5.97 Å². The van der Waals surface area contributed by atoms with Gasteiger partial charge in [0, 0.05) is 19.3 Å². The second-order valence-electron chi connectivity index (χ2n) is 11.2. The van der Waals surface area contributed by atoms with Crippen molar-refractivity contribution in [2.75, 3.05) is 13.2 Å². The molecule has 2 atom stereocenters. The molecule has 5 heterocycles. The van der Waals surface area contributed by atoms with Crippen LogP contribution in [0, 0.1) is 0 Å². The maximum absolute atomic E-state index is 13.5. The highest BCUT2D eigenvalue weighted by Gasteiger charge is 2.28. The Bertz CT molecular complexity index is 1630. The van der Waals surface area contributed by atoms with Gasteiger partial charge in [-0.1, -0.05) is 54.6 Å². The van der Waals surface area contributed by atoms with Crippen LogP contribution in [0.3, 0.4) is 0 Å². The summed E-state index contributed by atoms with van der Waals surface area (Å²) in [6, 6.07) is 24.5. The van der Waals surface area contributed by atoms with Gasteiger partial charge in [0.2, 0.25) is 5.91 Å². The van der Waals surface area contributed by atoms with Gasteiger partial charge < -0.3 is 30.2 Å². The number of Topliss-reactive ketones (excluding diaryl/α,β-unsaturated/α-hetero) is 1. The Hall–Kier alpha value is -5.38. The third-order valence-electron chi connectivity index (χ3n) is 7.75. The van der Waals surface area contributed by atoms with Gasteiger partial charge in [0.05, 0.1) is 18.9 Å². The molecule has 4 aliphatic heterocycles. The van der Waals surface area contributed by atoms with E-state index in [4.69, 9.17) is 9.47 Å². The van der Waals surface area contributed by atoms with Crippen LogP contribution in [0.4, 0.5) is 0 Å². The molecule has 0 aliphatic carbocycles. The topological polar surface area (TPSA) is 147 Å². The number of aliphatic carboxylic acids is 1. The minimum Gasteiger partial charge on any atom is -0.494 e. The van der Waals surface area contributed by atoms with Crippen LogP contribution in [0.15, 0.2) is 91.0 Å². The fraction of sp³-hybridized carbons (Fsp3) is 0.278. The number of hydrogen-bond acceptors (Lipinski definition) is 6. The number of hydrogen-bond donors (Lipinski definition) is 4. The van der Waals surface area contributed by atoms with Gasteiger partial charge in [-0.05, 0) is 72.4 Å². The molecule has 0 spiro atoms. The van der Waals surface area contributed by atoms with Crippen LogP contribution in [0.5, 0.6) is 11.5 Å². The first-order valence-electron chi connectivity index (χ1n) is 15.4. The van der Waals surface area contributed by atoms with E-state index in [9.17, 15) is 24.3 Å². The molecule has 10 heteroatoms. The Labute approximate surface area is 267 Å². The molecule has 0 fully saturated rings. The van der Waals surface area contributed by atoms with Gasteiger partial charge in [0.25, 0.3) is 5.91 Å². The average molecular weight is 624 g/mol. The molecule has 2 amide bonds. The Morgan fingerprint density at radius 2 is 1.39 bits per heavy atom. The second kappa shape index (κ2) is 15.6. The number of aromatic nitrogens is 1. The summed E-state index contributed by atoms with van der Waals surface area (Å²) in [6.07, 6.45) is 2.53. The lowest BCUT2D eigenvalue weighted by Gasteiger charge is -2.22. The summed E-state index contributed by atoms with van der Waals surface area (Å²) in [5.41, 5.74) is 2.86. The van der Waals surface area contributed by atoms with Crippen molar-refractivity contribution in [2.24, 2.45) is 0 Å². The van der Waals surface area contributed by atoms with E-state index in [-0.39, 0.29) is 36.4 Å². The highest BCUT2D eigenvalue weighted by Crippen LogP contribution is 2.17. The van der Waals surface area contributed by atoms with E-state index in [2.05, 4.69) is 15.6 Å². The summed E-state index contributed by atoms with van der Waals surface area (Å²) in [4.78, 5) is 54.7. The van der Waals surface area contributed by atoms with Crippen molar-refractivity contribution >= 4 is 23.6 Å². The predicted octanol–water partition coefficient (Wildman–Crippen LogP) is 4.53. The molecule has 0 saturated carbocycles. The Kier molecular flexibility index (Phi) is 10.8. The van der Waals surface area contributed by atoms with Gasteiger partial charge in [-0.15, -0.1) is 0 Å². The lowest BCUT2D eigenvalue weighted by molar-refractivity contribution is -0.142. The highest BCUT2D eigenvalue weighted by atomic mass is 16.5. The normalized spacial score (nSPS) is 16.7. The second-order valence-corrected chi connectivity index (χ2v) is 11.2. The highest BCUT2D eigenvalue weighted by molar-refractivity contribution is 6.00. The van der Waals surface area contributed by atoms with Crippen LogP contribution in [0.25, 0.3) is 0 Å². The maximum Gasteiger partial charge on any atom is 0.326 e. The number of aromatic amines is 1. The molecule has 10 nitrogen and oxygen atoms in total. The number of amides is 2. The minimum absolute atomic E-state index is 0.0764. The zero-order valence-corrected chi connectivity index (χ0v) is 25.4. The number of carboxylic acids is 1. The summed E-state index contributed by atoms with van der Waals surface area (Å²) in [5, 5.41) is 15.2. The smallest absolute Gasteiger partial charge is 0.326 e. The summed E-state index contributed by atoms with van der Waals surface area (Å²) in [5.74, 6) is -1.16. The molecule has 8 rings (SSSR count). The third kappa shape index (κ3) is 9.07. The van der Waals surface area contributed by atoms with Gasteiger partial charge in [0.15, 0.2) is 5.78 Å². The number of nitrogens with one attached hydrogen (secondary N) is 3. The fourth-order valence-electron chi connectivity index (χ4n) is 5.14. The number of carbonyl (C=O) groups is 4. The number of carboxylic acid groups (broad SMARTS) is 1. The lowest BCUT2D eigenvalue weighted by Crippen LogP contribution is -2.53. The monoisotopic (exact) mass is 623 g/mol. The predicted molar refractivity (Wildman–Crippen MR) is 171 cm³/mol. The fourth-order valence-corrected chi connectivity index (χ4v) is 5.14. The van der Waals surface area contributed by atoms with E-state index in [1.165, 1.54) is 6.07 Å². The van der Waals surface area contributed by atoms with E-state index in [1.54, 1.807) is 54.6 Å².